The number of amides is 2. The Balaban J connectivity index is 1.49. The first-order valence-electron chi connectivity index (χ1n) is 15.0. The monoisotopic (exact) mass is 561 g/mol. The Bertz CT molecular complexity index is 1220. The van der Waals surface area contributed by atoms with Crippen molar-refractivity contribution >= 4 is 17.5 Å². The molecule has 2 aromatic rings. The Morgan fingerprint density at radius 1 is 1.02 bits per heavy atom. The number of aliphatic hydroxyl groups is 1. The largest absolute Gasteiger partial charge is 0.484 e. The maximum absolute atomic E-state index is 14.3. The van der Waals surface area contributed by atoms with Gasteiger partial charge < -0.3 is 35.2 Å². The molecule has 1 unspecified atom stereocenters. The lowest BCUT2D eigenvalue weighted by Crippen LogP contribution is -2.49. The molecule has 2 amide bonds. The maximum Gasteiger partial charge on any atom is 0.272 e. The molecule has 9 heteroatoms. The van der Waals surface area contributed by atoms with Crippen LogP contribution in [0.2, 0.25) is 0 Å². The van der Waals surface area contributed by atoms with E-state index in [-0.39, 0.29) is 30.5 Å². The first kappa shape index (κ1) is 29.0. The van der Waals surface area contributed by atoms with Crippen molar-refractivity contribution in [3.63, 3.8) is 0 Å². The molecule has 2 heterocycles. The number of ether oxygens (including phenoxy) is 1. The van der Waals surface area contributed by atoms with E-state index in [0.717, 1.165) is 55.6 Å². The highest BCUT2D eigenvalue weighted by molar-refractivity contribution is 6.01. The van der Waals surface area contributed by atoms with Gasteiger partial charge in [0, 0.05) is 50.4 Å². The van der Waals surface area contributed by atoms with Gasteiger partial charge in [0.05, 0.1) is 5.70 Å². The van der Waals surface area contributed by atoms with E-state index >= 15 is 0 Å². The second-order valence-electron chi connectivity index (χ2n) is 11.4. The minimum atomic E-state index is -0.975. The number of carbonyl (C=O) groups excluding carboxylic acids is 2. The van der Waals surface area contributed by atoms with Crippen LogP contribution in [0.25, 0.3) is 5.70 Å². The molecule has 2 aliphatic heterocycles. The van der Waals surface area contributed by atoms with E-state index in [1.807, 2.05) is 78.2 Å². The Hall–Kier alpha value is -3.56. The standard InChI is InChI=1S/C32H43N5O4/c1-23(2)34-28(38)22-41-27-15-9-10-24(20-27)21-36-30(31(39)35-18-16-33-17-19-35)29(25-11-5-3-6-12-25)37(32(36)40)26-13-7-4-8-14-26/h3,5-6,9-12,15,20,23,26,32-33,40H,4,7-8,13-14,16-19,21-22H2,1-2H3,(H,34,38). The van der Waals surface area contributed by atoms with Crippen molar-refractivity contribution in [2.75, 3.05) is 32.8 Å². The number of nitrogens with one attached hydrogen (secondary N) is 2. The van der Waals surface area contributed by atoms with Crippen molar-refractivity contribution < 1.29 is 19.4 Å². The molecule has 0 radical (unpaired) electrons. The third-order valence-corrected chi connectivity index (χ3v) is 7.99. The van der Waals surface area contributed by atoms with Crippen LogP contribution in [0.5, 0.6) is 5.75 Å². The van der Waals surface area contributed by atoms with E-state index in [4.69, 9.17) is 4.74 Å². The second kappa shape index (κ2) is 13.4. The molecule has 5 rings (SSSR count). The Labute approximate surface area is 243 Å². The molecule has 220 valence electrons. The van der Waals surface area contributed by atoms with Gasteiger partial charge in [-0.3, -0.25) is 9.59 Å². The predicted octanol–water partition coefficient (Wildman–Crippen LogP) is 3.12. The van der Waals surface area contributed by atoms with Crippen LogP contribution >= 0.6 is 0 Å². The van der Waals surface area contributed by atoms with Gasteiger partial charge in [-0.05, 0) is 44.4 Å². The third kappa shape index (κ3) is 6.85. The zero-order valence-corrected chi connectivity index (χ0v) is 24.2. The summed E-state index contributed by atoms with van der Waals surface area (Å²) in [5.41, 5.74) is 3.17. The summed E-state index contributed by atoms with van der Waals surface area (Å²) in [7, 11) is 0. The zero-order valence-electron chi connectivity index (χ0n) is 24.2. The van der Waals surface area contributed by atoms with Crippen molar-refractivity contribution in [2.45, 2.75) is 70.9 Å². The van der Waals surface area contributed by atoms with Crippen LogP contribution in [0.1, 0.15) is 57.1 Å². The molecule has 1 saturated carbocycles. The summed E-state index contributed by atoms with van der Waals surface area (Å²) in [6.45, 7) is 6.81. The molecular weight excluding hydrogens is 518 g/mol. The fourth-order valence-corrected chi connectivity index (χ4v) is 6.10. The molecule has 2 aromatic carbocycles. The summed E-state index contributed by atoms with van der Waals surface area (Å²) < 4.78 is 5.78. The smallest absolute Gasteiger partial charge is 0.272 e. The highest BCUT2D eigenvalue weighted by atomic mass is 16.5. The van der Waals surface area contributed by atoms with Crippen molar-refractivity contribution in [2.24, 2.45) is 0 Å². The number of rotatable bonds is 9. The van der Waals surface area contributed by atoms with Crippen molar-refractivity contribution in [1.29, 1.82) is 0 Å². The summed E-state index contributed by atoms with van der Waals surface area (Å²) in [6.07, 6.45) is 4.41. The van der Waals surface area contributed by atoms with Gasteiger partial charge in [0.1, 0.15) is 11.4 Å². The molecule has 3 N–H and O–H groups in total. The van der Waals surface area contributed by atoms with Gasteiger partial charge in [0.2, 0.25) is 6.35 Å². The lowest BCUT2D eigenvalue weighted by Gasteiger charge is -2.38. The quantitative estimate of drug-likeness (QED) is 0.433. The first-order chi connectivity index (χ1) is 19.9. The van der Waals surface area contributed by atoms with Gasteiger partial charge in [0.25, 0.3) is 11.8 Å². The minimum absolute atomic E-state index is 0.0402. The topological polar surface area (TPSA) is 97.4 Å². The molecule has 2 fully saturated rings. The van der Waals surface area contributed by atoms with Gasteiger partial charge >= 0.3 is 0 Å². The van der Waals surface area contributed by atoms with Crippen LogP contribution in [0, 0.1) is 0 Å². The van der Waals surface area contributed by atoms with E-state index in [2.05, 4.69) is 15.5 Å². The van der Waals surface area contributed by atoms with Gasteiger partial charge in [-0.15, -0.1) is 0 Å². The van der Waals surface area contributed by atoms with Crippen LogP contribution in [-0.4, -0.2) is 82.8 Å². The molecule has 1 atom stereocenters. The highest BCUT2D eigenvalue weighted by Crippen LogP contribution is 2.41. The minimum Gasteiger partial charge on any atom is -0.484 e. The van der Waals surface area contributed by atoms with Gasteiger partial charge in [-0.2, -0.15) is 0 Å². The summed E-state index contributed by atoms with van der Waals surface area (Å²) in [4.78, 5) is 32.3. The van der Waals surface area contributed by atoms with Crippen molar-refractivity contribution in [1.82, 2.24) is 25.3 Å². The summed E-state index contributed by atoms with van der Waals surface area (Å²) in [5.74, 6) is 0.338. The molecule has 9 nitrogen and oxygen atoms in total. The normalized spacial score (nSPS) is 20.1. The number of carbonyl (C=O) groups is 2. The van der Waals surface area contributed by atoms with Crippen molar-refractivity contribution in [3.05, 3.63) is 71.4 Å². The van der Waals surface area contributed by atoms with E-state index in [9.17, 15) is 14.7 Å². The van der Waals surface area contributed by atoms with Gasteiger partial charge in [-0.25, -0.2) is 0 Å². The highest BCUT2D eigenvalue weighted by Gasteiger charge is 2.45. The predicted molar refractivity (Wildman–Crippen MR) is 158 cm³/mol. The number of benzene rings is 2. The molecule has 1 saturated heterocycles. The van der Waals surface area contributed by atoms with Crippen LogP contribution in [0.4, 0.5) is 0 Å². The Morgan fingerprint density at radius 2 is 1.76 bits per heavy atom. The third-order valence-electron chi connectivity index (χ3n) is 7.99. The van der Waals surface area contributed by atoms with Gasteiger partial charge in [-0.1, -0.05) is 61.7 Å². The molecular formula is C32H43N5O4. The second-order valence-corrected chi connectivity index (χ2v) is 11.4. The average molecular weight is 562 g/mol. The number of hydrogen-bond donors (Lipinski definition) is 3. The van der Waals surface area contributed by atoms with E-state index in [0.29, 0.717) is 31.1 Å². The average Bonchev–Trinajstić information content (AvgIpc) is 3.28. The molecule has 0 aromatic heterocycles. The zero-order chi connectivity index (χ0) is 28.8. The fraction of sp³-hybridized carbons (Fsp3) is 0.500. The van der Waals surface area contributed by atoms with E-state index < -0.39 is 6.35 Å². The van der Waals surface area contributed by atoms with Gasteiger partial charge in [0.15, 0.2) is 6.61 Å². The molecule has 3 aliphatic rings. The van der Waals surface area contributed by atoms with Crippen LogP contribution in [0.3, 0.4) is 0 Å². The lowest BCUT2D eigenvalue weighted by molar-refractivity contribution is -0.132. The number of aliphatic hydroxyl groups excluding tert-OH is 1. The number of piperazine rings is 1. The number of nitrogens with zero attached hydrogens (tertiary/aromatic N) is 3. The SMILES string of the molecule is CC(C)NC(=O)COc1cccc(CN2C(C(=O)N3CCNCC3)=C(c3ccccc3)N(C3CCCCC3)C2O)c1. The van der Waals surface area contributed by atoms with E-state index in [1.54, 1.807) is 0 Å². The summed E-state index contributed by atoms with van der Waals surface area (Å²) >= 11 is 0. The van der Waals surface area contributed by atoms with Crippen LogP contribution in [0.15, 0.2) is 60.3 Å². The molecule has 0 spiro atoms. The first-order valence-corrected chi connectivity index (χ1v) is 15.0. The van der Waals surface area contributed by atoms with Crippen molar-refractivity contribution in [3.8, 4) is 5.75 Å². The number of hydrogen-bond acceptors (Lipinski definition) is 7. The fourth-order valence-electron chi connectivity index (χ4n) is 6.10. The van der Waals surface area contributed by atoms with Crippen LogP contribution < -0.4 is 15.4 Å². The Morgan fingerprint density at radius 3 is 2.46 bits per heavy atom. The maximum atomic E-state index is 14.3. The molecule has 41 heavy (non-hydrogen) atoms. The Kier molecular flexibility index (Phi) is 9.46. The van der Waals surface area contributed by atoms with E-state index in [1.165, 1.54) is 6.42 Å². The molecule has 0 bridgehead atoms. The summed E-state index contributed by atoms with van der Waals surface area (Å²) in [5, 5.41) is 18.2. The lowest BCUT2D eigenvalue weighted by atomic mass is 9.93. The molecule has 1 aliphatic carbocycles. The summed E-state index contributed by atoms with van der Waals surface area (Å²) in [6, 6.07) is 17.7. The van der Waals surface area contributed by atoms with Crippen LogP contribution in [-0.2, 0) is 16.1 Å².